The summed E-state index contributed by atoms with van der Waals surface area (Å²) in [6, 6.07) is 5.65. The maximum atomic E-state index is 5.31. The van der Waals surface area contributed by atoms with Crippen molar-refractivity contribution in [2.45, 2.75) is 12.8 Å². The van der Waals surface area contributed by atoms with Crippen LogP contribution in [-0.4, -0.2) is 43.6 Å². The molecular formula is C17H26IN5O2. The predicted octanol–water partition coefficient (Wildman–Crippen LogP) is 2.68. The summed E-state index contributed by atoms with van der Waals surface area (Å²) < 4.78 is 12.4. The molecule has 0 saturated carbocycles. The summed E-state index contributed by atoms with van der Waals surface area (Å²) in [6.07, 6.45) is 5.92. The zero-order valence-electron chi connectivity index (χ0n) is 15.1. The zero-order valence-corrected chi connectivity index (χ0v) is 17.4. The first-order valence-electron chi connectivity index (χ1n) is 7.83. The van der Waals surface area contributed by atoms with Gasteiger partial charge in [-0.3, -0.25) is 9.67 Å². The molecule has 0 fully saturated rings. The van der Waals surface area contributed by atoms with Gasteiger partial charge in [-0.1, -0.05) is 0 Å². The van der Waals surface area contributed by atoms with Gasteiger partial charge in [-0.25, -0.2) is 0 Å². The third-order valence-corrected chi connectivity index (χ3v) is 3.56. The highest BCUT2D eigenvalue weighted by molar-refractivity contribution is 14.0. The third kappa shape index (κ3) is 6.45. The number of nitrogens with zero attached hydrogens (tertiary/aromatic N) is 3. The minimum atomic E-state index is 0. The number of halogens is 1. The standard InChI is InChI=1S/C17H25N5O2.HI/c1-18-17(19-9-5-6-13-11-20-22(2)12-13)21-14-7-8-15(23-3)16(10-14)24-4;/h7-8,10-12H,5-6,9H2,1-4H3,(H2,18,19,21);1H. The van der Waals surface area contributed by atoms with E-state index in [0.717, 1.165) is 25.1 Å². The molecule has 25 heavy (non-hydrogen) atoms. The van der Waals surface area contributed by atoms with Gasteiger partial charge in [0.1, 0.15) is 0 Å². The van der Waals surface area contributed by atoms with E-state index in [1.807, 2.05) is 42.3 Å². The van der Waals surface area contributed by atoms with E-state index in [1.54, 1.807) is 21.3 Å². The largest absolute Gasteiger partial charge is 0.493 e. The second kappa shape index (κ2) is 10.8. The van der Waals surface area contributed by atoms with Gasteiger partial charge in [0.2, 0.25) is 0 Å². The van der Waals surface area contributed by atoms with Crippen LogP contribution in [0.25, 0.3) is 0 Å². The first-order valence-corrected chi connectivity index (χ1v) is 7.83. The molecule has 2 rings (SSSR count). The van der Waals surface area contributed by atoms with Crippen molar-refractivity contribution in [3.63, 3.8) is 0 Å². The van der Waals surface area contributed by atoms with Crippen LogP contribution in [0.2, 0.25) is 0 Å². The van der Waals surface area contributed by atoms with Gasteiger partial charge in [0, 0.05) is 38.6 Å². The quantitative estimate of drug-likeness (QED) is 0.288. The Morgan fingerprint density at radius 2 is 2.00 bits per heavy atom. The molecule has 0 spiro atoms. The van der Waals surface area contributed by atoms with Crippen molar-refractivity contribution in [3.05, 3.63) is 36.2 Å². The van der Waals surface area contributed by atoms with E-state index in [0.29, 0.717) is 17.5 Å². The predicted molar refractivity (Wildman–Crippen MR) is 111 cm³/mol. The number of hydrogen-bond acceptors (Lipinski definition) is 4. The summed E-state index contributed by atoms with van der Waals surface area (Å²) in [5.74, 6) is 2.09. The summed E-state index contributed by atoms with van der Waals surface area (Å²) in [6.45, 7) is 0.821. The van der Waals surface area contributed by atoms with Gasteiger partial charge in [-0.15, -0.1) is 24.0 Å². The van der Waals surface area contributed by atoms with Crippen LogP contribution in [0.4, 0.5) is 5.69 Å². The molecule has 2 N–H and O–H groups in total. The molecule has 138 valence electrons. The molecule has 1 aromatic heterocycles. The second-order valence-corrected chi connectivity index (χ2v) is 5.32. The number of guanidine groups is 1. The SMILES string of the molecule is CN=C(NCCCc1cnn(C)c1)Nc1ccc(OC)c(OC)c1.I. The smallest absolute Gasteiger partial charge is 0.195 e. The summed E-state index contributed by atoms with van der Waals surface area (Å²) >= 11 is 0. The summed E-state index contributed by atoms with van der Waals surface area (Å²) in [7, 11) is 6.91. The Morgan fingerprint density at radius 1 is 1.24 bits per heavy atom. The van der Waals surface area contributed by atoms with Crippen LogP contribution in [0.15, 0.2) is 35.6 Å². The maximum Gasteiger partial charge on any atom is 0.195 e. The van der Waals surface area contributed by atoms with Gasteiger partial charge in [-0.2, -0.15) is 5.10 Å². The van der Waals surface area contributed by atoms with Crippen LogP contribution in [-0.2, 0) is 13.5 Å². The lowest BCUT2D eigenvalue weighted by Gasteiger charge is -2.14. The second-order valence-electron chi connectivity index (χ2n) is 5.32. The molecule has 0 radical (unpaired) electrons. The maximum absolute atomic E-state index is 5.31. The number of anilines is 1. The lowest BCUT2D eigenvalue weighted by molar-refractivity contribution is 0.355. The fraction of sp³-hybridized carbons (Fsp3) is 0.412. The number of ether oxygens (including phenoxy) is 2. The van der Waals surface area contributed by atoms with Gasteiger partial charge in [-0.05, 0) is 30.5 Å². The Bertz CT molecular complexity index is 687. The Labute approximate surface area is 165 Å². The van der Waals surface area contributed by atoms with Gasteiger partial charge in [0.25, 0.3) is 0 Å². The van der Waals surface area contributed by atoms with Crippen molar-refractivity contribution in [3.8, 4) is 11.5 Å². The number of methoxy groups -OCH3 is 2. The summed E-state index contributed by atoms with van der Waals surface area (Å²) in [4.78, 5) is 4.24. The van der Waals surface area contributed by atoms with E-state index in [9.17, 15) is 0 Å². The molecule has 0 atom stereocenters. The van der Waals surface area contributed by atoms with Crippen LogP contribution in [0.1, 0.15) is 12.0 Å². The van der Waals surface area contributed by atoms with Crippen molar-refractivity contribution in [1.29, 1.82) is 0 Å². The van der Waals surface area contributed by atoms with Crippen molar-refractivity contribution in [2.75, 3.05) is 33.1 Å². The summed E-state index contributed by atoms with van der Waals surface area (Å²) in [5.41, 5.74) is 2.12. The van der Waals surface area contributed by atoms with Gasteiger partial charge >= 0.3 is 0 Å². The molecule has 0 aliphatic rings. The normalized spacial score (nSPS) is 10.8. The average Bonchev–Trinajstić information content (AvgIpc) is 3.02. The number of aromatic nitrogens is 2. The van der Waals surface area contributed by atoms with Crippen molar-refractivity contribution in [1.82, 2.24) is 15.1 Å². The molecule has 1 aromatic carbocycles. The first-order chi connectivity index (χ1) is 11.7. The fourth-order valence-corrected chi connectivity index (χ4v) is 2.33. The van der Waals surface area contributed by atoms with Crippen LogP contribution < -0.4 is 20.1 Å². The van der Waals surface area contributed by atoms with E-state index >= 15 is 0 Å². The van der Waals surface area contributed by atoms with Crippen molar-refractivity contribution in [2.24, 2.45) is 12.0 Å². The molecule has 1 heterocycles. The molecule has 0 saturated heterocycles. The third-order valence-electron chi connectivity index (χ3n) is 3.56. The summed E-state index contributed by atoms with van der Waals surface area (Å²) in [5, 5.41) is 10.7. The molecule has 0 amide bonds. The minimum absolute atomic E-state index is 0. The molecular weight excluding hydrogens is 433 g/mol. The van der Waals surface area contributed by atoms with E-state index in [2.05, 4.69) is 20.7 Å². The monoisotopic (exact) mass is 459 g/mol. The van der Waals surface area contributed by atoms with Crippen LogP contribution in [0, 0.1) is 0 Å². The van der Waals surface area contributed by atoms with Gasteiger partial charge in [0.05, 0.1) is 20.4 Å². The molecule has 2 aromatic rings. The van der Waals surface area contributed by atoms with Crippen LogP contribution >= 0.6 is 24.0 Å². The number of benzene rings is 1. The molecule has 0 aliphatic carbocycles. The van der Waals surface area contributed by atoms with E-state index in [-0.39, 0.29) is 24.0 Å². The highest BCUT2D eigenvalue weighted by Crippen LogP contribution is 2.29. The van der Waals surface area contributed by atoms with Gasteiger partial charge < -0.3 is 20.1 Å². The van der Waals surface area contributed by atoms with E-state index in [1.165, 1.54) is 5.56 Å². The van der Waals surface area contributed by atoms with Gasteiger partial charge in [0.15, 0.2) is 17.5 Å². The first kappa shape index (κ1) is 21.1. The number of hydrogen-bond donors (Lipinski definition) is 2. The number of aliphatic imine (C=N–C) groups is 1. The number of aryl methyl sites for hydroxylation is 2. The van der Waals surface area contributed by atoms with Crippen molar-refractivity contribution < 1.29 is 9.47 Å². The average molecular weight is 459 g/mol. The molecule has 0 unspecified atom stereocenters. The van der Waals surface area contributed by atoms with Crippen LogP contribution in [0.5, 0.6) is 11.5 Å². The topological polar surface area (TPSA) is 72.7 Å². The zero-order chi connectivity index (χ0) is 17.4. The molecule has 7 nitrogen and oxygen atoms in total. The highest BCUT2D eigenvalue weighted by Gasteiger charge is 2.06. The Balaban J connectivity index is 0.00000312. The molecule has 8 heteroatoms. The van der Waals surface area contributed by atoms with E-state index in [4.69, 9.17) is 9.47 Å². The van der Waals surface area contributed by atoms with Crippen LogP contribution in [0.3, 0.4) is 0 Å². The fourth-order valence-electron chi connectivity index (χ4n) is 2.33. The minimum Gasteiger partial charge on any atom is -0.493 e. The van der Waals surface area contributed by atoms with E-state index < -0.39 is 0 Å². The Kier molecular flexibility index (Phi) is 9.11. The molecule has 0 bridgehead atoms. The number of rotatable bonds is 7. The highest BCUT2D eigenvalue weighted by atomic mass is 127. The Hall–Kier alpha value is -1.97. The lowest BCUT2D eigenvalue weighted by atomic mass is 10.2. The number of nitrogens with one attached hydrogen (secondary N) is 2. The Morgan fingerprint density at radius 3 is 2.60 bits per heavy atom. The lowest BCUT2D eigenvalue weighted by Crippen LogP contribution is -2.31. The molecule has 0 aliphatic heterocycles. The van der Waals surface area contributed by atoms with Crippen molar-refractivity contribution >= 4 is 35.6 Å².